The van der Waals surface area contributed by atoms with E-state index in [1.165, 1.54) is 19.3 Å². The van der Waals surface area contributed by atoms with E-state index in [1.807, 2.05) is 6.92 Å². The number of esters is 2. The predicted octanol–water partition coefficient (Wildman–Crippen LogP) is 3.16. The molecule has 0 unspecified atom stereocenters. The maximum absolute atomic E-state index is 11.1. The van der Waals surface area contributed by atoms with E-state index in [0.717, 1.165) is 25.7 Å². The van der Waals surface area contributed by atoms with Gasteiger partial charge in [0.05, 0.1) is 39.6 Å². The van der Waals surface area contributed by atoms with Gasteiger partial charge < -0.3 is 28.4 Å². The van der Waals surface area contributed by atoms with Crippen molar-refractivity contribution in [3.63, 3.8) is 0 Å². The summed E-state index contributed by atoms with van der Waals surface area (Å²) in [6, 6.07) is 0. The highest BCUT2D eigenvalue weighted by atomic mass is 16.6. The number of carbonyl (C=O) groups excluding carboxylic acids is 2. The molecule has 0 saturated heterocycles. The van der Waals surface area contributed by atoms with E-state index in [4.69, 9.17) is 28.4 Å². The molecular formula is C21H42O8. The third-order valence-electron chi connectivity index (χ3n) is 3.58. The van der Waals surface area contributed by atoms with E-state index in [1.54, 1.807) is 14.2 Å². The summed E-state index contributed by atoms with van der Waals surface area (Å²) >= 11 is 0. The van der Waals surface area contributed by atoms with Crippen LogP contribution in [0.5, 0.6) is 0 Å². The SMILES string of the molecule is CCCCCCCOC(=O)COCCOC.CCCCOC(=O)COCCOC. The molecule has 0 aromatic carbocycles. The van der Waals surface area contributed by atoms with Gasteiger partial charge in [0.25, 0.3) is 0 Å². The first-order valence-corrected chi connectivity index (χ1v) is 10.6. The van der Waals surface area contributed by atoms with Crippen molar-refractivity contribution >= 4 is 11.9 Å². The number of ether oxygens (including phenoxy) is 6. The third-order valence-corrected chi connectivity index (χ3v) is 3.58. The second kappa shape index (κ2) is 26.8. The van der Waals surface area contributed by atoms with E-state index >= 15 is 0 Å². The minimum atomic E-state index is -0.301. The van der Waals surface area contributed by atoms with E-state index in [2.05, 4.69) is 6.92 Å². The van der Waals surface area contributed by atoms with Crippen molar-refractivity contribution in [3.05, 3.63) is 0 Å². The van der Waals surface area contributed by atoms with Gasteiger partial charge in [-0.1, -0.05) is 46.0 Å². The predicted molar refractivity (Wildman–Crippen MR) is 111 cm³/mol. The first kappa shape index (κ1) is 30.0. The summed E-state index contributed by atoms with van der Waals surface area (Å²) in [5, 5.41) is 0. The van der Waals surface area contributed by atoms with Gasteiger partial charge in [0.15, 0.2) is 0 Å². The topological polar surface area (TPSA) is 89.5 Å². The summed E-state index contributed by atoms with van der Waals surface area (Å²) < 4.78 is 29.4. The van der Waals surface area contributed by atoms with Crippen molar-refractivity contribution in [2.45, 2.75) is 58.8 Å². The summed E-state index contributed by atoms with van der Waals surface area (Å²) in [5.41, 5.74) is 0. The van der Waals surface area contributed by atoms with Crippen LogP contribution in [-0.2, 0) is 38.0 Å². The smallest absolute Gasteiger partial charge is 0.332 e. The van der Waals surface area contributed by atoms with Gasteiger partial charge in [0.1, 0.15) is 13.2 Å². The molecule has 0 bridgehead atoms. The molecule has 0 aliphatic heterocycles. The molecule has 0 spiro atoms. The van der Waals surface area contributed by atoms with Gasteiger partial charge in [-0.15, -0.1) is 0 Å². The van der Waals surface area contributed by atoms with Crippen molar-refractivity contribution in [1.29, 1.82) is 0 Å². The van der Waals surface area contributed by atoms with Crippen LogP contribution in [0.25, 0.3) is 0 Å². The minimum Gasteiger partial charge on any atom is -0.464 e. The Morgan fingerprint density at radius 2 is 1.00 bits per heavy atom. The number of methoxy groups -OCH3 is 2. The van der Waals surface area contributed by atoms with Gasteiger partial charge >= 0.3 is 11.9 Å². The lowest BCUT2D eigenvalue weighted by molar-refractivity contribution is -0.150. The lowest BCUT2D eigenvalue weighted by Crippen LogP contribution is -2.15. The zero-order valence-electron chi connectivity index (χ0n) is 18.9. The highest BCUT2D eigenvalue weighted by Gasteiger charge is 2.02. The molecule has 0 rings (SSSR count). The number of hydrogen-bond donors (Lipinski definition) is 0. The molecule has 8 nitrogen and oxygen atoms in total. The molecule has 8 heteroatoms. The zero-order chi connectivity index (χ0) is 22.0. The molecule has 0 aromatic heterocycles. The minimum absolute atomic E-state index is 0.0209. The highest BCUT2D eigenvalue weighted by Crippen LogP contribution is 2.02. The molecule has 0 atom stereocenters. The van der Waals surface area contributed by atoms with E-state index in [-0.39, 0.29) is 25.2 Å². The lowest BCUT2D eigenvalue weighted by Gasteiger charge is -2.05. The second-order valence-electron chi connectivity index (χ2n) is 6.30. The average molecular weight is 423 g/mol. The van der Waals surface area contributed by atoms with Crippen molar-refractivity contribution in [1.82, 2.24) is 0 Å². The summed E-state index contributed by atoms with van der Waals surface area (Å²) in [5.74, 6) is -0.587. The maximum Gasteiger partial charge on any atom is 0.332 e. The Morgan fingerprint density at radius 3 is 1.45 bits per heavy atom. The van der Waals surface area contributed by atoms with Crippen LogP contribution in [0.15, 0.2) is 0 Å². The van der Waals surface area contributed by atoms with Gasteiger partial charge in [-0.05, 0) is 12.8 Å². The Kier molecular flexibility index (Phi) is 27.7. The molecule has 0 aromatic rings. The molecule has 0 saturated carbocycles. The van der Waals surface area contributed by atoms with Crippen LogP contribution < -0.4 is 0 Å². The molecule has 0 aliphatic rings. The molecule has 174 valence electrons. The molecule has 29 heavy (non-hydrogen) atoms. The Bertz CT molecular complexity index is 350. The van der Waals surface area contributed by atoms with Gasteiger partial charge in [-0.2, -0.15) is 0 Å². The Balaban J connectivity index is 0. The largest absolute Gasteiger partial charge is 0.464 e. The number of rotatable bonds is 19. The summed E-state index contributed by atoms with van der Waals surface area (Å²) in [4.78, 5) is 22.0. The quantitative estimate of drug-likeness (QED) is 0.232. The van der Waals surface area contributed by atoms with Crippen LogP contribution in [0.1, 0.15) is 58.8 Å². The monoisotopic (exact) mass is 422 g/mol. The third kappa shape index (κ3) is 29.1. The molecule has 0 aliphatic carbocycles. The standard InChI is InChI=1S/C12H24O4.C9H18O4/c1-3-4-5-6-7-8-16-12(13)11-15-10-9-14-2;1-3-4-5-13-9(10)8-12-7-6-11-2/h3-11H2,1-2H3;3-8H2,1-2H3. The zero-order valence-corrected chi connectivity index (χ0v) is 18.9. The van der Waals surface area contributed by atoms with Crippen LogP contribution in [0.2, 0.25) is 0 Å². The Hall–Kier alpha value is -1.22. The van der Waals surface area contributed by atoms with Gasteiger partial charge in [-0.3, -0.25) is 0 Å². The number of hydrogen-bond acceptors (Lipinski definition) is 8. The fourth-order valence-corrected chi connectivity index (χ4v) is 1.90. The average Bonchev–Trinajstić information content (AvgIpc) is 2.72. The van der Waals surface area contributed by atoms with Crippen LogP contribution in [0.4, 0.5) is 0 Å². The number of carbonyl (C=O) groups is 2. The van der Waals surface area contributed by atoms with Gasteiger partial charge in [0, 0.05) is 14.2 Å². The highest BCUT2D eigenvalue weighted by molar-refractivity contribution is 5.70. The normalized spacial score (nSPS) is 10.2. The van der Waals surface area contributed by atoms with Gasteiger partial charge in [0.2, 0.25) is 0 Å². The van der Waals surface area contributed by atoms with Gasteiger partial charge in [-0.25, -0.2) is 9.59 Å². The number of unbranched alkanes of at least 4 members (excludes halogenated alkanes) is 5. The first-order valence-electron chi connectivity index (χ1n) is 10.6. The maximum atomic E-state index is 11.1. The molecule has 0 radical (unpaired) electrons. The van der Waals surface area contributed by atoms with E-state index in [9.17, 15) is 9.59 Å². The fraction of sp³-hybridized carbons (Fsp3) is 0.905. The molecule has 0 N–H and O–H groups in total. The first-order chi connectivity index (χ1) is 14.1. The Labute approximate surface area is 176 Å². The Morgan fingerprint density at radius 1 is 0.552 bits per heavy atom. The summed E-state index contributed by atoms with van der Waals surface area (Å²) in [7, 11) is 3.18. The molecule has 0 heterocycles. The summed E-state index contributed by atoms with van der Waals surface area (Å²) in [6.07, 6.45) is 7.72. The van der Waals surface area contributed by atoms with E-state index in [0.29, 0.717) is 39.6 Å². The van der Waals surface area contributed by atoms with Crippen molar-refractivity contribution in [2.75, 3.05) is 67.1 Å². The summed E-state index contributed by atoms with van der Waals surface area (Å²) in [6.45, 7) is 7.14. The lowest BCUT2D eigenvalue weighted by atomic mass is 10.2. The van der Waals surface area contributed by atoms with Crippen LogP contribution in [0, 0.1) is 0 Å². The molecule has 0 fully saturated rings. The van der Waals surface area contributed by atoms with Crippen molar-refractivity contribution < 1.29 is 38.0 Å². The molecular weight excluding hydrogens is 380 g/mol. The second-order valence-corrected chi connectivity index (χ2v) is 6.30. The van der Waals surface area contributed by atoms with Crippen molar-refractivity contribution in [2.24, 2.45) is 0 Å². The fourth-order valence-electron chi connectivity index (χ4n) is 1.90. The van der Waals surface area contributed by atoms with Crippen LogP contribution in [-0.4, -0.2) is 79.0 Å². The van der Waals surface area contributed by atoms with Crippen molar-refractivity contribution in [3.8, 4) is 0 Å². The van der Waals surface area contributed by atoms with E-state index < -0.39 is 0 Å². The van der Waals surface area contributed by atoms with Crippen LogP contribution in [0.3, 0.4) is 0 Å². The van der Waals surface area contributed by atoms with Crippen LogP contribution >= 0.6 is 0 Å². The molecule has 0 amide bonds.